The third-order valence-corrected chi connectivity index (χ3v) is 21.7. The molecule has 4 aliphatic rings. The predicted octanol–water partition coefficient (Wildman–Crippen LogP) is 23.7. The molecule has 20 rings (SSSR count). The van der Waals surface area contributed by atoms with Crippen LogP contribution in [0.5, 0.6) is 0 Å². The van der Waals surface area contributed by atoms with E-state index in [1.807, 2.05) is 60.7 Å². The molecule has 4 aliphatic carbocycles. The fourth-order valence-electron chi connectivity index (χ4n) is 15.5. The largest absolute Gasteiger partial charge is 0.488 e. The van der Waals surface area contributed by atoms with Gasteiger partial charge in [0, 0.05) is 54.2 Å². The minimum atomic E-state index is -1.41. The van der Waals surface area contributed by atoms with Gasteiger partial charge in [-0.2, -0.15) is 0 Å². The van der Waals surface area contributed by atoms with Gasteiger partial charge in [-0.25, -0.2) is 29.9 Å². The molecule has 0 fully saturated rings. The maximum absolute atomic E-state index is 9.53. The van der Waals surface area contributed by atoms with Gasteiger partial charge in [0.2, 0.25) is 0 Å². The second-order valence-corrected chi connectivity index (χ2v) is 29.6. The van der Waals surface area contributed by atoms with E-state index in [4.69, 9.17) is 29.9 Å². The Labute approximate surface area is 625 Å². The number of aromatic nitrogens is 6. The third-order valence-electron chi connectivity index (χ3n) is 20.8. The SMILES string of the molecule is Cc1ccc(-c2nc(-c3ccc(C)cc3)nc(-c3cc(-c4ccc5ccc6cccc7ccc4c5c67)cc(-c4ccc5ccc6cccc7ccc4c5c67)c3)n2)cc1.Cc1ccc(-c2nc(-c3ccc(C)cc3)nc(-c3cc(Br)cc(Br)c3)n2)cc1.OB(O)C1=C2C=CC3=CC=CC4=CC=C(C=C1)C2C34. The lowest BCUT2D eigenvalue weighted by atomic mass is 9.59. The molecule has 0 saturated carbocycles. The van der Waals surface area contributed by atoms with E-state index >= 15 is 0 Å². The van der Waals surface area contributed by atoms with Crippen molar-refractivity contribution in [3.8, 4) is 90.6 Å². The Morgan fingerprint density at radius 2 is 0.629 bits per heavy atom. The van der Waals surface area contributed by atoms with Crippen molar-refractivity contribution in [2.45, 2.75) is 27.7 Å². The Kier molecular flexibility index (Phi) is 16.7. The van der Waals surface area contributed by atoms with Crippen LogP contribution in [0.3, 0.4) is 0 Å². The van der Waals surface area contributed by atoms with E-state index < -0.39 is 7.12 Å². The highest BCUT2D eigenvalue weighted by atomic mass is 79.9. The maximum atomic E-state index is 9.53. The molecule has 14 aromatic carbocycles. The molecule has 2 aromatic heterocycles. The van der Waals surface area contributed by atoms with E-state index in [2.05, 4.69) is 296 Å². The molecule has 16 aromatic rings. The lowest BCUT2D eigenvalue weighted by Gasteiger charge is -2.40. The average molecular weight is 1480 g/mol. The summed E-state index contributed by atoms with van der Waals surface area (Å²) >= 11 is 7.10. The van der Waals surface area contributed by atoms with Crippen molar-refractivity contribution in [3.05, 3.63) is 356 Å². The van der Waals surface area contributed by atoms with Crippen LogP contribution in [-0.4, -0.2) is 47.1 Å². The van der Waals surface area contributed by atoms with Crippen molar-refractivity contribution >= 4 is 104 Å². The Morgan fingerprint density at radius 3 is 1.04 bits per heavy atom. The van der Waals surface area contributed by atoms with Crippen molar-refractivity contribution in [2.75, 3.05) is 0 Å². The number of nitrogens with zero attached hydrogens (tertiary/aromatic N) is 6. The van der Waals surface area contributed by atoms with Crippen molar-refractivity contribution in [1.29, 1.82) is 0 Å². The number of hydrogen-bond donors (Lipinski definition) is 2. The summed E-state index contributed by atoms with van der Waals surface area (Å²) in [6.45, 7) is 8.34. The van der Waals surface area contributed by atoms with Crippen LogP contribution >= 0.6 is 31.9 Å². The average Bonchev–Trinajstić information content (AvgIpc) is 0.740. The normalized spacial score (nSPS) is 14.9. The van der Waals surface area contributed by atoms with Gasteiger partial charge in [0.05, 0.1) is 0 Å². The van der Waals surface area contributed by atoms with E-state index in [0.29, 0.717) is 46.3 Å². The van der Waals surface area contributed by atoms with E-state index in [9.17, 15) is 10.0 Å². The van der Waals surface area contributed by atoms with Gasteiger partial charge in [0.15, 0.2) is 34.9 Å². The first kappa shape index (κ1) is 65.3. The molecule has 2 atom stereocenters. The predicted molar refractivity (Wildman–Crippen MR) is 441 cm³/mol. The summed E-state index contributed by atoms with van der Waals surface area (Å²) < 4.78 is 1.93. The van der Waals surface area contributed by atoms with E-state index in [-0.39, 0.29) is 5.92 Å². The Bertz CT molecular complexity index is 6090. The summed E-state index contributed by atoms with van der Waals surface area (Å²) in [5.41, 5.74) is 20.6. The van der Waals surface area contributed by atoms with Gasteiger partial charge in [0.25, 0.3) is 0 Å². The molecule has 11 heteroatoms. The van der Waals surface area contributed by atoms with Crippen LogP contribution in [0.25, 0.3) is 155 Å². The highest BCUT2D eigenvalue weighted by molar-refractivity contribution is 9.11. The molecule has 0 saturated heterocycles. The molecule has 8 nitrogen and oxygen atoms in total. The minimum Gasteiger partial charge on any atom is -0.423 e. The highest BCUT2D eigenvalue weighted by Crippen LogP contribution is 2.50. The number of hydrogen-bond acceptors (Lipinski definition) is 8. The first-order chi connectivity index (χ1) is 51.2. The van der Waals surface area contributed by atoms with E-state index in [0.717, 1.165) is 59.0 Å². The number of rotatable bonds is 9. The zero-order chi connectivity index (χ0) is 71.1. The van der Waals surface area contributed by atoms with Crippen LogP contribution in [-0.2, 0) is 0 Å². The van der Waals surface area contributed by atoms with Crippen molar-refractivity contribution in [2.24, 2.45) is 11.8 Å². The third kappa shape index (κ3) is 12.3. The van der Waals surface area contributed by atoms with Crippen molar-refractivity contribution in [3.63, 3.8) is 0 Å². The van der Waals surface area contributed by atoms with Crippen LogP contribution in [0.4, 0.5) is 0 Å². The number of allylic oxidation sites excluding steroid dienone is 14. The number of benzene rings is 14. The van der Waals surface area contributed by atoms with Gasteiger partial charge in [-0.3, -0.25) is 0 Å². The highest BCUT2D eigenvalue weighted by Gasteiger charge is 2.39. The molecule has 105 heavy (non-hydrogen) atoms. The standard InChI is InChI=1S/C55H35N3.C23H17Br2N3.C16H13BO2/c1-32-9-13-40(14-10-32)53-56-54(41-15-11-33(2)12-16-41)58-55(57-53)44-30-42(45-25-21-38-19-17-34-5-3-7-36-23-27-47(45)51(38)49(34)36)29-43(31-44)46-26-22-39-20-18-35-6-4-8-37-24-28-48(46)52(39)50(35)37;1-14-3-7-16(8-4-14)21-26-22(17-9-5-15(2)6-10-17)28-23(27-21)18-11-19(24)13-20(25)12-18;18-17(19)14-9-7-12-5-4-10-2-1-3-11-6-8-13(14)16(12)15(10)11/h3-31H,1-2H3;3-13H,1-2H3;1-9,15-16,18-19H. The molecule has 500 valence electrons. The molecule has 0 spiro atoms. The molecule has 2 N–H and O–H groups in total. The monoisotopic (exact) mass is 1480 g/mol. The fourth-order valence-corrected chi connectivity index (χ4v) is 16.8. The van der Waals surface area contributed by atoms with Crippen LogP contribution < -0.4 is 0 Å². The van der Waals surface area contributed by atoms with Crippen LogP contribution in [0.2, 0.25) is 0 Å². The molecular weight excluding hydrogens is 1420 g/mol. The zero-order valence-corrected chi connectivity index (χ0v) is 61.0. The van der Waals surface area contributed by atoms with Crippen molar-refractivity contribution in [1.82, 2.24) is 29.9 Å². The fraction of sp³-hybridized carbons (Fsp3) is 0.0638. The quantitative estimate of drug-likeness (QED) is 0.108. The van der Waals surface area contributed by atoms with Gasteiger partial charge < -0.3 is 10.0 Å². The van der Waals surface area contributed by atoms with Gasteiger partial charge in [-0.05, 0) is 179 Å². The smallest absolute Gasteiger partial charge is 0.423 e. The second-order valence-electron chi connectivity index (χ2n) is 27.7. The zero-order valence-electron chi connectivity index (χ0n) is 57.9. The molecule has 2 unspecified atom stereocenters. The van der Waals surface area contributed by atoms with Crippen LogP contribution in [0.15, 0.2) is 334 Å². The lowest BCUT2D eigenvalue weighted by Crippen LogP contribution is -2.31. The van der Waals surface area contributed by atoms with Gasteiger partial charge in [-0.15, -0.1) is 0 Å². The molecule has 0 amide bonds. The molecule has 2 heterocycles. The summed E-state index contributed by atoms with van der Waals surface area (Å²) in [5, 5.41) is 34.3. The summed E-state index contributed by atoms with van der Waals surface area (Å²) in [7, 11) is -1.41. The second kappa shape index (κ2) is 26.8. The van der Waals surface area contributed by atoms with Gasteiger partial charge in [0.1, 0.15) is 0 Å². The first-order valence-corrected chi connectivity index (χ1v) is 36.9. The number of halogens is 2. The lowest BCUT2D eigenvalue weighted by molar-refractivity contribution is 0.418. The van der Waals surface area contributed by atoms with Crippen molar-refractivity contribution < 1.29 is 10.0 Å². The van der Waals surface area contributed by atoms with Crippen LogP contribution in [0.1, 0.15) is 22.3 Å². The molecule has 0 aliphatic heterocycles. The topological polar surface area (TPSA) is 118 Å². The number of aryl methyl sites for hydroxylation is 4. The van der Waals surface area contributed by atoms with Gasteiger partial charge >= 0.3 is 7.12 Å². The Morgan fingerprint density at radius 1 is 0.295 bits per heavy atom. The summed E-state index contributed by atoms with van der Waals surface area (Å²) in [5.74, 6) is 4.46. The molecule has 0 radical (unpaired) electrons. The summed E-state index contributed by atoms with van der Waals surface area (Å²) in [6, 6.07) is 86.7. The molecule has 0 bridgehead atoms. The van der Waals surface area contributed by atoms with E-state index in [1.54, 1.807) is 0 Å². The molecular formula is C94H65BBr2N6O2. The van der Waals surface area contributed by atoms with Crippen LogP contribution in [0, 0.1) is 39.5 Å². The van der Waals surface area contributed by atoms with E-state index in [1.165, 1.54) is 115 Å². The summed E-state index contributed by atoms with van der Waals surface area (Å²) in [4.78, 5) is 29.9. The maximum Gasteiger partial charge on any atom is 0.488 e. The Hall–Kier alpha value is -11.7. The summed E-state index contributed by atoms with van der Waals surface area (Å²) in [6.07, 6.45) is 18.6. The minimum absolute atomic E-state index is 0.225. The first-order valence-electron chi connectivity index (χ1n) is 35.3. The van der Waals surface area contributed by atoms with Gasteiger partial charge in [-0.1, -0.05) is 315 Å². The Balaban J connectivity index is 0.000000137.